The number of hydrogen-bond donors (Lipinski definition) is 1. The summed E-state index contributed by atoms with van der Waals surface area (Å²) in [4.78, 5) is 4.44. The minimum absolute atomic E-state index is 0.290. The fraction of sp³-hybridized carbons (Fsp3) is 0.150. The van der Waals surface area contributed by atoms with Crippen LogP contribution in [0.5, 0.6) is 5.75 Å². The van der Waals surface area contributed by atoms with Gasteiger partial charge in [-0.3, -0.25) is 4.98 Å². The predicted octanol–water partition coefficient (Wildman–Crippen LogP) is 3.88. The number of methoxy groups -OCH3 is 1. The number of nitrogens with zero attached hydrogens (tertiary/aromatic N) is 4. The Morgan fingerprint density at radius 3 is 2.70 bits per heavy atom. The fourth-order valence-corrected chi connectivity index (χ4v) is 2.90. The minimum Gasteiger partial charge on any atom is -0.497 e. The molecule has 1 N–H and O–H groups in total. The van der Waals surface area contributed by atoms with Crippen LogP contribution in [-0.2, 0) is 6.54 Å². The van der Waals surface area contributed by atoms with Gasteiger partial charge in [-0.15, -0.1) is 5.10 Å². The van der Waals surface area contributed by atoms with Crippen LogP contribution in [0.1, 0.15) is 11.4 Å². The number of hydrogen-bond acceptors (Lipinski definition) is 5. The molecule has 2 heterocycles. The molecule has 136 valence electrons. The highest BCUT2D eigenvalue weighted by Gasteiger charge is 2.08. The van der Waals surface area contributed by atoms with E-state index in [4.69, 9.17) is 4.74 Å². The van der Waals surface area contributed by atoms with Crippen LogP contribution in [0.4, 0.5) is 10.1 Å². The number of halogens is 1. The van der Waals surface area contributed by atoms with E-state index in [9.17, 15) is 4.39 Å². The third-order valence-corrected chi connectivity index (χ3v) is 4.24. The highest BCUT2D eigenvalue weighted by atomic mass is 19.1. The molecule has 0 amide bonds. The quantitative estimate of drug-likeness (QED) is 0.583. The number of fused-ring (bicyclic) bond motifs is 1. The lowest BCUT2D eigenvalue weighted by molar-refractivity contribution is 0.414. The number of ether oxygens (including phenoxy) is 1. The molecular weight excluding hydrogens is 345 g/mol. The SMILES string of the molecule is COc1ccc(-n2cc(CNc3cc(C)nc4ccc(F)cc34)nn2)cc1. The number of benzene rings is 2. The summed E-state index contributed by atoms with van der Waals surface area (Å²) in [6.45, 7) is 2.37. The lowest BCUT2D eigenvalue weighted by Crippen LogP contribution is -2.02. The van der Waals surface area contributed by atoms with Crippen LogP contribution >= 0.6 is 0 Å². The van der Waals surface area contributed by atoms with E-state index in [0.29, 0.717) is 6.54 Å². The zero-order chi connectivity index (χ0) is 18.8. The second-order valence-electron chi connectivity index (χ2n) is 6.18. The summed E-state index contributed by atoms with van der Waals surface area (Å²) in [7, 11) is 1.63. The number of anilines is 1. The highest BCUT2D eigenvalue weighted by Crippen LogP contribution is 2.24. The number of rotatable bonds is 5. The van der Waals surface area contributed by atoms with Crippen molar-refractivity contribution in [3.05, 3.63) is 71.9 Å². The molecule has 0 spiro atoms. The van der Waals surface area contributed by atoms with Crippen molar-refractivity contribution in [2.45, 2.75) is 13.5 Å². The van der Waals surface area contributed by atoms with Gasteiger partial charge in [0.15, 0.2) is 0 Å². The molecule has 0 aliphatic heterocycles. The molecule has 0 aliphatic carbocycles. The molecule has 2 aromatic heterocycles. The zero-order valence-corrected chi connectivity index (χ0v) is 15.0. The standard InChI is InChI=1S/C20H18FN5O/c1-13-9-20(18-10-14(21)3-8-19(18)23-13)22-11-15-12-26(25-24-15)16-4-6-17(27-2)7-5-16/h3-10,12H,11H2,1-2H3,(H,22,23). The first-order valence-corrected chi connectivity index (χ1v) is 8.49. The van der Waals surface area contributed by atoms with Crippen LogP contribution in [0, 0.1) is 12.7 Å². The summed E-state index contributed by atoms with van der Waals surface area (Å²) in [6, 6.07) is 14.0. The van der Waals surface area contributed by atoms with Gasteiger partial charge < -0.3 is 10.1 Å². The second kappa shape index (κ2) is 7.03. The van der Waals surface area contributed by atoms with Gasteiger partial charge in [0.2, 0.25) is 0 Å². The molecule has 6 nitrogen and oxygen atoms in total. The Bertz CT molecular complexity index is 1090. The van der Waals surface area contributed by atoms with E-state index < -0.39 is 0 Å². The van der Waals surface area contributed by atoms with Crippen molar-refractivity contribution in [1.29, 1.82) is 0 Å². The molecule has 0 saturated heterocycles. The van der Waals surface area contributed by atoms with Crippen molar-refractivity contribution in [3.8, 4) is 11.4 Å². The molecule has 27 heavy (non-hydrogen) atoms. The Balaban J connectivity index is 1.55. The highest BCUT2D eigenvalue weighted by molar-refractivity contribution is 5.91. The van der Waals surface area contributed by atoms with Gasteiger partial charge >= 0.3 is 0 Å². The molecule has 0 aliphatic rings. The van der Waals surface area contributed by atoms with Crippen LogP contribution in [0.3, 0.4) is 0 Å². The number of pyridine rings is 1. The first-order valence-electron chi connectivity index (χ1n) is 8.49. The third-order valence-electron chi connectivity index (χ3n) is 4.24. The van der Waals surface area contributed by atoms with E-state index >= 15 is 0 Å². The van der Waals surface area contributed by atoms with Gasteiger partial charge in [-0.25, -0.2) is 9.07 Å². The van der Waals surface area contributed by atoms with E-state index in [1.807, 2.05) is 43.5 Å². The number of aromatic nitrogens is 4. The normalized spacial score (nSPS) is 10.9. The Kier molecular flexibility index (Phi) is 4.42. The molecule has 0 bridgehead atoms. The third kappa shape index (κ3) is 3.57. The van der Waals surface area contributed by atoms with Gasteiger partial charge in [0.05, 0.1) is 31.1 Å². The molecule has 0 saturated carbocycles. The molecule has 7 heteroatoms. The van der Waals surface area contributed by atoms with E-state index in [-0.39, 0.29) is 5.82 Å². The van der Waals surface area contributed by atoms with Gasteiger partial charge in [-0.05, 0) is 55.5 Å². The van der Waals surface area contributed by atoms with Gasteiger partial charge in [-0.2, -0.15) is 0 Å². The maximum Gasteiger partial charge on any atom is 0.124 e. The molecule has 0 radical (unpaired) electrons. The maximum absolute atomic E-state index is 13.6. The second-order valence-corrected chi connectivity index (χ2v) is 6.18. The molecule has 0 unspecified atom stereocenters. The Labute approximate surface area is 155 Å². The molecule has 0 fully saturated rings. The topological polar surface area (TPSA) is 64.9 Å². The Hall–Kier alpha value is -3.48. The van der Waals surface area contributed by atoms with Crippen LogP contribution in [-0.4, -0.2) is 27.1 Å². The van der Waals surface area contributed by atoms with Crippen LogP contribution in [0.2, 0.25) is 0 Å². The maximum atomic E-state index is 13.6. The van der Waals surface area contributed by atoms with Gasteiger partial charge in [-0.1, -0.05) is 5.21 Å². The summed E-state index contributed by atoms with van der Waals surface area (Å²) in [5, 5.41) is 12.4. The van der Waals surface area contributed by atoms with Crippen molar-refractivity contribution < 1.29 is 9.13 Å². The first kappa shape index (κ1) is 17.0. The Morgan fingerprint density at radius 1 is 1.11 bits per heavy atom. The average molecular weight is 363 g/mol. The van der Waals surface area contributed by atoms with Crippen molar-refractivity contribution in [2.75, 3.05) is 12.4 Å². The summed E-state index contributed by atoms with van der Waals surface area (Å²) in [6.07, 6.45) is 1.85. The van der Waals surface area contributed by atoms with Crippen molar-refractivity contribution in [2.24, 2.45) is 0 Å². The van der Waals surface area contributed by atoms with Crippen LogP contribution < -0.4 is 10.1 Å². The van der Waals surface area contributed by atoms with Gasteiger partial charge in [0, 0.05) is 16.8 Å². The van der Waals surface area contributed by atoms with Crippen LogP contribution in [0.15, 0.2) is 54.7 Å². The van der Waals surface area contributed by atoms with Crippen molar-refractivity contribution in [3.63, 3.8) is 0 Å². The van der Waals surface area contributed by atoms with Gasteiger partial charge in [0.25, 0.3) is 0 Å². The van der Waals surface area contributed by atoms with Crippen molar-refractivity contribution >= 4 is 16.6 Å². The first-order chi connectivity index (χ1) is 13.1. The largest absolute Gasteiger partial charge is 0.497 e. The molecule has 4 rings (SSSR count). The van der Waals surface area contributed by atoms with E-state index in [0.717, 1.165) is 39.4 Å². The number of aryl methyl sites for hydroxylation is 1. The van der Waals surface area contributed by atoms with Crippen molar-refractivity contribution in [1.82, 2.24) is 20.0 Å². The average Bonchev–Trinajstić information content (AvgIpc) is 3.15. The minimum atomic E-state index is -0.290. The molecule has 4 aromatic rings. The smallest absolute Gasteiger partial charge is 0.124 e. The van der Waals surface area contributed by atoms with Crippen LogP contribution in [0.25, 0.3) is 16.6 Å². The monoisotopic (exact) mass is 363 g/mol. The molecule has 0 atom stereocenters. The fourth-order valence-electron chi connectivity index (χ4n) is 2.90. The molecule has 2 aromatic carbocycles. The molecular formula is C20H18FN5O. The summed E-state index contributed by atoms with van der Waals surface area (Å²) in [5.41, 5.74) is 4.09. The van der Waals surface area contributed by atoms with Gasteiger partial charge in [0.1, 0.15) is 17.3 Å². The summed E-state index contributed by atoms with van der Waals surface area (Å²) >= 11 is 0. The Morgan fingerprint density at radius 2 is 1.93 bits per heavy atom. The zero-order valence-electron chi connectivity index (χ0n) is 15.0. The lowest BCUT2D eigenvalue weighted by atomic mass is 10.1. The van der Waals surface area contributed by atoms with E-state index in [2.05, 4.69) is 20.6 Å². The van der Waals surface area contributed by atoms with E-state index in [1.54, 1.807) is 17.9 Å². The lowest BCUT2D eigenvalue weighted by Gasteiger charge is -2.09. The number of nitrogens with one attached hydrogen (secondary N) is 1. The predicted molar refractivity (Wildman–Crippen MR) is 102 cm³/mol. The summed E-state index contributed by atoms with van der Waals surface area (Å²) < 4.78 is 20.5. The summed E-state index contributed by atoms with van der Waals surface area (Å²) in [5.74, 6) is 0.495. The van der Waals surface area contributed by atoms with E-state index in [1.165, 1.54) is 12.1 Å².